The van der Waals surface area contributed by atoms with E-state index in [1.165, 1.54) is 11.3 Å². The number of nitrogens with one attached hydrogen (secondary N) is 1. The van der Waals surface area contributed by atoms with Crippen molar-refractivity contribution in [1.82, 2.24) is 10.2 Å². The van der Waals surface area contributed by atoms with Crippen LogP contribution in [0.5, 0.6) is 0 Å². The number of aryl methyl sites for hydroxylation is 1. The smallest absolute Gasteiger partial charge is 0.263 e. The van der Waals surface area contributed by atoms with E-state index in [-0.39, 0.29) is 23.8 Å². The SMILES string of the molecule is Cc1ccc(C(C)NC(=O)C2CCCN(C(=O)c3cccs3)C2)o1. The number of carbonyl (C=O) groups excluding carboxylic acids is 2. The summed E-state index contributed by atoms with van der Waals surface area (Å²) in [7, 11) is 0. The minimum absolute atomic E-state index is 0.0137. The number of hydrogen-bond donors (Lipinski definition) is 1. The molecule has 1 aliphatic rings. The van der Waals surface area contributed by atoms with Gasteiger partial charge in [0.2, 0.25) is 5.91 Å². The van der Waals surface area contributed by atoms with Crippen LogP contribution >= 0.6 is 11.3 Å². The molecule has 2 unspecified atom stereocenters. The first-order chi connectivity index (χ1) is 11.5. The molecule has 1 saturated heterocycles. The minimum atomic E-state index is -0.172. The van der Waals surface area contributed by atoms with Gasteiger partial charge >= 0.3 is 0 Å². The number of thiophene rings is 1. The Morgan fingerprint density at radius 3 is 2.88 bits per heavy atom. The number of hydrogen-bond acceptors (Lipinski definition) is 4. The van der Waals surface area contributed by atoms with Crippen molar-refractivity contribution >= 4 is 23.2 Å². The van der Waals surface area contributed by atoms with E-state index < -0.39 is 0 Å². The van der Waals surface area contributed by atoms with Crippen LogP contribution in [-0.4, -0.2) is 29.8 Å². The molecular formula is C18H22N2O3S. The van der Waals surface area contributed by atoms with Gasteiger partial charge in [0.05, 0.1) is 16.8 Å². The maximum absolute atomic E-state index is 12.6. The second-order valence-corrected chi connectivity index (χ2v) is 7.19. The Labute approximate surface area is 145 Å². The number of piperidine rings is 1. The highest BCUT2D eigenvalue weighted by molar-refractivity contribution is 7.12. The van der Waals surface area contributed by atoms with Gasteiger partial charge in [-0.25, -0.2) is 0 Å². The maximum atomic E-state index is 12.6. The fourth-order valence-corrected chi connectivity index (χ4v) is 3.71. The summed E-state index contributed by atoms with van der Waals surface area (Å²) < 4.78 is 5.56. The molecule has 0 radical (unpaired) electrons. The van der Waals surface area contributed by atoms with Gasteiger partial charge in [-0.15, -0.1) is 11.3 Å². The summed E-state index contributed by atoms with van der Waals surface area (Å²) in [6.07, 6.45) is 1.66. The Kier molecular flexibility index (Phi) is 5.04. The van der Waals surface area contributed by atoms with Gasteiger partial charge in [-0.1, -0.05) is 6.07 Å². The van der Waals surface area contributed by atoms with E-state index in [0.29, 0.717) is 13.1 Å². The molecule has 3 heterocycles. The van der Waals surface area contributed by atoms with Crippen molar-refractivity contribution in [2.24, 2.45) is 5.92 Å². The molecule has 1 N–H and O–H groups in total. The molecule has 0 saturated carbocycles. The summed E-state index contributed by atoms with van der Waals surface area (Å²) in [6.45, 7) is 4.99. The number of amides is 2. The van der Waals surface area contributed by atoms with Crippen molar-refractivity contribution in [1.29, 1.82) is 0 Å². The van der Waals surface area contributed by atoms with Crippen LogP contribution in [0.1, 0.15) is 47.0 Å². The minimum Gasteiger partial charge on any atom is -0.464 e. The first kappa shape index (κ1) is 16.8. The number of carbonyl (C=O) groups is 2. The zero-order valence-corrected chi connectivity index (χ0v) is 14.8. The van der Waals surface area contributed by atoms with E-state index >= 15 is 0 Å². The zero-order valence-electron chi connectivity index (χ0n) is 14.0. The van der Waals surface area contributed by atoms with Gasteiger partial charge in [0.25, 0.3) is 5.91 Å². The van der Waals surface area contributed by atoms with Crippen molar-refractivity contribution in [2.75, 3.05) is 13.1 Å². The summed E-state index contributed by atoms with van der Waals surface area (Å²) >= 11 is 1.44. The third-order valence-corrected chi connectivity index (χ3v) is 5.22. The van der Waals surface area contributed by atoms with E-state index in [4.69, 9.17) is 4.42 Å². The van der Waals surface area contributed by atoms with Crippen molar-refractivity contribution in [3.8, 4) is 0 Å². The van der Waals surface area contributed by atoms with Gasteiger partial charge < -0.3 is 14.6 Å². The van der Waals surface area contributed by atoms with Gasteiger partial charge in [-0.3, -0.25) is 9.59 Å². The molecule has 128 valence electrons. The van der Waals surface area contributed by atoms with Crippen LogP contribution in [0.15, 0.2) is 34.1 Å². The average Bonchev–Trinajstić information content (AvgIpc) is 3.25. The summed E-state index contributed by atoms with van der Waals surface area (Å²) in [6, 6.07) is 7.31. The standard InChI is InChI=1S/C18H22N2O3S/c1-12-7-8-15(23-12)13(2)19-17(21)14-5-3-9-20(11-14)18(22)16-6-4-10-24-16/h4,6-8,10,13-14H,3,5,9,11H2,1-2H3,(H,19,21). The first-order valence-corrected chi connectivity index (χ1v) is 9.12. The molecule has 2 amide bonds. The molecule has 1 aliphatic heterocycles. The van der Waals surface area contributed by atoms with E-state index in [1.807, 2.05) is 43.5 Å². The lowest BCUT2D eigenvalue weighted by Crippen LogP contribution is -2.45. The van der Waals surface area contributed by atoms with Gasteiger partial charge in [0.1, 0.15) is 11.5 Å². The van der Waals surface area contributed by atoms with E-state index in [2.05, 4.69) is 5.32 Å². The van der Waals surface area contributed by atoms with Crippen molar-refractivity contribution < 1.29 is 14.0 Å². The molecule has 0 spiro atoms. The second kappa shape index (κ2) is 7.21. The highest BCUT2D eigenvalue weighted by Gasteiger charge is 2.30. The largest absolute Gasteiger partial charge is 0.464 e. The van der Waals surface area contributed by atoms with Gasteiger partial charge in [0, 0.05) is 13.1 Å². The predicted molar refractivity (Wildman–Crippen MR) is 92.9 cm³/mol. The van der Waals surface area contributed by atoms with Crippen LogP contribution in [0.4, 0.5) is 0 Å². The first-order valence-electron chi connectivity index (χ1n) is 8.24. The molecule has 0 bridgehead atoms. The second-order valence-electron chi connectivity index (χ2n) is 6.25. The number of furan rings is 1. The predicted octanol–water partition coefficient (Wildman–Crippen LogP) is 3.38. The fourth-order valence-electron chi connectivity index (χ4n) is 3.02. The Hall–Kier alpha value is -2.08. The Morgan fingerprint density at radius 1 is 1.38 bits per heavy atom. The van der Waals surface area contributed by atoms with Crippen LogP contribution < -0.4 is 5.32 Å². The molecule has 0 aliphatic carbocycles. The zero-order chi connectivity index (χ0) is 17.1. The molecule has 6 heteroatoms. The van der Waals surface area contributed by atoms with Crippen molar-refractivity contribution in [2.45, 2.75) is 32.7 Å². The molecule has 2 atom stereocenters. The maximum Gasteiger partial charge on any atom is 0.263 e. The number of likely N-dealkylation sites (tertiary alicyclic amines) is 1. The quantitative estimate of drug-likeness (QED) is 0.923. The lowest BCUT2D eigenvalue weighted by Gasteiger charge is -2.32. The van der Waals surface area contributed by atoms with Gasteiger partial charge in [0.15, 0.2) is 0 Å². The van der Waals surface area contributed by atoms with Crippen LogP contribution in [0.3, 0.4) is 0 Å². The fraction of sp³-hybridized carbons (Fsp3) is 0.444. The summed E-state index contributed by atoms with van der Waals surface area (Å²) in [4.78, 5) is 27.5. The topological polar surface area (TPSA) is 62.6 Å². The highest BCUT2D eigenvalue weighted by atomic mass is 32.1. The van der Waals surface area contributed by atoms with Crippen LogP contribution in [0.25, 0.3) is 0 Å². The lowest BCUT2D eigenvalue weighted by atomic mass is 9.96. The van der Waals surface area contributed by atoms with Crippen LogP contribution in [0, 0.1) is 12.8 Å². The molecule has 2 aromatic rings. The molecule has 2 aromatic heterocycles. The Balaban J connectivity index is 1.59. The summed E-state index contributed by atoms with van der Waals surface area (Å²) in [5.74, 6) is 1.43. The molecule has 3 rings (SSSR count). The van der Waals surface area contributed by atoms with Crippen LogP contribution in [-0.2, 0) is 4.79 Å². The monoisotopic (exact) mass is 346 g/mol. The van der Waals surface area contributed by atoms with E-state index in [1.54, 1.807) is 4.90 Å². The average molecular weight is 346 g/mol. The molecule has 0 aromatic carbocycles. The number of rotatable bonds is 4. The normalized spacial score (nSPS) is 19.1. The molecular weight excluding hydrogens is 324 g/mol. The van der Waals surface area contributed by atoms with E-state index in [9.17, 15) is 9.59 Å². The highest BCUT2D eigenvalue weighted by Crippen LogP contribution is 2.22. The van der Waals surface area contributed by atoms with Crippen molar-refractivity contribution in [3.63, 3.8) is 0 Å². The van der Waals surface area contributed by atoms with E-state index in [0.717, 1.165) is 29.2 Å². The molecule has 1 fully saturated rings. The third-order valence-electron chi connectivity index (χ3n) is 4.36. The summed E-state index contributed by atoms with van der Waals surface area (Å²) in [5.41, 5.74) is 0. The molecule has 24 heavy (non-hydrogen) atoms. The lowest BCUT2D eigenvalue weighted by molar-refractivity contribution is -0.127. The molecule has 5 nitrogen and oxygen atoms in total. The van der Waals surface area contributed by atoms with Crippen LogP contribution in [0.2, 0.25) is 0 Å². The van der Waals surface area contributed by atoms with Crippen molar-refractivity contribution in [3.05, 3.63) is 46.0 Å². The Bertz CT molecular complexity index is 708. The Morgan fingerprint density at radius 2 is 2.21 bits per heavy atom. The van der Waals surface area contributed by atoms with Gasteiger partial charge in [-0.2, -0.15) is 0 Å². The van der Waals surface area contributed by atoms with Gasteiger partial charge in [-0.05, 0) is 50.3 Å². The third kappa shape index (κ3) is 3.70. The number of nitrogens with zero attached hydrogens (tertiary/aromatic N) is 1. The summed E-state index contributed by atoms with van der Waals surface area (Å²) in [5, 5.41) is 4.90.